The second kappa shape index (κ2) is 8.55. The molecule has 130 valence electrons. The quantitative estimate of drug-likeness (QED) is 0.916. The van der Waals surface area contributed by atoms with E-state index in [0.717, 1.165) is 42.7 Å². The van der Waals surface area contributed by atoms with Crippen LogP contribution in [-0.4, -0.2) is 36.0 Å². The molecule has 0 saturated carbocycles. The SMILES string of the molecule is Cc1cc(C)c(OCC(=O)N2CCCCC2C(C)N)c(C)c1.Cl. The van der Waals surface area contributed by atoms with Crippen molar-refractivity contribution in [2.75, 3.05) is 13.2 Å². The van der Waals surface area contributed by atoms with Gasteiger partial charge >= 0.3 is 0 Å². The van der Waals surface area contributed by atoms with Crippen molar-refractivity contribution in [3.8, 4) is 5.75 Å². The maximum Gasteiger partial charge on any atom is 0.260 e. The Hall–Kier alpha value is -1.26. The number of carbonyl (C=O) groups excluding carboxylic acids is 1. The highest BCUT2D eigenvalue weighted by molar-refractivity contribution is 5.85. The van der Waals surface area contributed by atoms with Gasteiger partial charge in [0.1, 0.15) is 5.75 Å². The van der Waals surface area contributed by atoms with E-state index in [0.29, 0.717) is 0 Å². The molecule has 2 unspecified atom stereocenters. The first-order chi connectivity index (χ1) is 10.4. The van der Waals surface area contributed by atoms with Crippen LogP contribution in [0.5, 0.6) is 5.75 Å². The number of aryl methyl sites for hydroxylation is 3. The van der Waals surface area contributed by atoms with Crippen molar-refractivity contribution >= 4 is 18.3 Å². The van der Waals surface area contributed by atoms with Crippen molar-refractivity contribution in [2.45, 2.75) is 59.0 Å². The number of halogens is 1. The third-order valence-electron chi connectivity index (χ3n) is 4.42. The molecule has 0 aliphatic carbocycles. The zero-order chi connectivity index (χ0) is 16.3. The molecule has 23 heavy (non-hydrogen) atoms. The summed E-state index contributed by atoms with van der Waals surface area (Å²) in [6.07, 6.45) is 3.19. The molecule has 1 saturated heterocycles. The van der Waals surface area contributed by atoms with Gasteiger partial charge in [-0.1, -0.05) is 17.7 Å². The summed E-state index contributed by atoms with van der Waals surface area (Å²) in [5.41, 5.74) is 9.40. The molecule has 2 N–H and O–H groups in total. The topological polar surface area (TPSA) is 55.6 Å². The largest absolute Gasteiger partial charge is 0.483 e. The van der Waals surface area contributed by atoms with Gasteiger partial charge in [0.15, 0.2) is 6.61 Å². The summed E-state index contributed by atoms with van der Waals surface area (Å²) in [5.74, 6) is 0.870. The molecule has 0 aromatic heterocycles. The highest BCUT2D eigenvalue weighted by atomic mass is 35.5. The number of nitrogens with zero attached hydrogens (tertiary/aromatic N) is 1. The van der Waals surface area contributed by atoms with Gasteiger partial charge in [0, 0.05) is 18.6 Å². The highest BCUT2D eigenvalue weighted by Crippen LogP contribution is 2.25. The number of ether oxygens (including phenoxy) is 1. The Kier molecular flexibility index (Phi) is 7.36. The summed E-state index contributed by atoms with van der Waals surface area (Å²) in [7, 11) is 0. The number of carbonyl (C=O) groups is 1. The van der Waals surface area contributed by atoms with Crippen molar-refractivity contribution in [1.29, 1.82) is 0 Å². The van der Waals surface area contributed by atoms with Gasteiger partial charge < -0.3 is 15.4 Å². The summed E-state index contributed by atoms with van der Waals surface area (Å²) in [6, 6.07) is 4.31. The number of hydrogen-bond donors (Lipinski definition) is 1. The van der Waals surface area contributed by atoms with Crippen LogP contribution < -0.4 is 10.5 Å². The van der Waals surface area contributed by atoms with Crippen LogP contribution >= 0.6 is 12.4 Å². The van der Waals surface area contributed by atoms with E-state index in [1.54, 1.807) is 0 Å². The molecule has 1 aromatic rings. The molecule has 2 rings (SSSR count). The van der Waals surface area contributed by atoms with Crippen LogP contribution in [0.3, 0.4) is 0 Å². The summed E-state index contributed by atoms with van der Waals surface area (Å²) in [5, 5.41) is 0. The first kappa shape index (κ1) is 19.8. The molecule has 1 heterocycles. The molecule has 1 fully saturated rings. The normalized spacial score (nSPS) is 19.0. The minimum atomic E-state index is 0. The molecule has 2 atom stereocenters. The Bertz CT molecular complexity index is 523. The minimum Gasteiger partial charge on any atom is -0.483 e. The number of benzene rings is 1. The zero-order valence-electron chi connectivity index (χ0n) is 14.6. The lowest BCUT2D eigenvalue weighted by Gasteiger charge is -2.38. The Morgan fingerprint density at radius 1 is 1.30 bits per heavy atom. The monoisotopic (exact) mass is 340 g/mol. The van der Waals surface area contributed by atoms with Gasteiger partial charge in [0.25, 0.3) is 5.91 Å². The van der Waals surface area contributed by atoms with E-state index in [1.165, 1.54) is 5.56 Å². The first-order valence-electron chi connectivity index (χ1n) is 8.16. The molecule has 4 nitrogen and oxygen atoms in total. The highest BCUT2D eigenvalue weighted by Gasteiger charge is 2.29. The van der Waals surface area contributed by atoms with Crippen LogP contribution in [0.2, 0.25) is 0 Å². The van der Waals surface area contributed by atoms with E-state index in [-0.39, 0.29) is 37.0 Å². The van der Waals surface area contributed by atoms with Crippen LogP contribution in [0.4, 0.5) is 0 Å². The molecule has 1 aliphatic rings. The Morgan fingerprint density at radius 2 is 1.91 bits per heavy atom. The Labute approximate surface area is 145 Å². The van der Waals surface area contributed by atoms with Crippen molar-refractivity contribution in [3.63, 3.8) is 0 Å². The van der Waals surface area contributed by atoms with Gasteiger partial charge in [-0.15, -0.1) is 12.4 Å². The average molecular weight is 341 g/mol. The van der Waals surface area contributed by atoms with Crippen LogP contribution in [0.1, 0.15) is 42.9 Å². The molecular formula is C18H29ClN2O2. The number of likely N-dealkylation sites (tertiary alicyclic amines) is 1. The summed E-state index contributed by atoms with van der Waals surface area (Å²) in [4.78, 5) is 14.4. The van der Waals surface area contributed by atoms with Gasteiger partial charge in [0.2, 0.25) is 0 Å². The third-order valence-corrected chi connectivity index (χ3v) is 4.42. The molecule has 0 radical (unpaired) electrons. The van der Waals surface area contributed by atoms with Gasteiger partial charge in [0.05, 0.1) is 0 Å². The average Bonchev–Trinajstić information content (AvgIpc) is 2.45. The molecule has 1 aliphatic heterocycles. The van der Waals surface area contributed by atoms with Gasteiger partial charge in [-0.25, -0.2) is 0 Å². The number of hydrogen-bond acceptors (Lipinski definition) is 3. The van der Waals surface area contributed by atoms with Crippen LogP contribution in [0.15, 0.2) is 12.1 Å². The summed E-state index contributed by atoms with van der Waals surface area (Å²) < 4.78 is 5.83. The maximum atomic E-state index is 12.5. The van der Waals surface area contributed by atoms with E-state index < -0.39 is 0 Å². The Balaban J connectivity index is 0.00000264. The van der Waals surface area contributed by atoms with Gasteiger partial charge in [-0.2, -0.15) is 0 Å². The van der Waals surface area contributed by atoms with E-state index in [2.05, 4.69) is 19.1 Å². The third kappa shape index (κ3) is 4.85. The van der Waals surface area contributed by atoms with Crippen molar-refractivity contribution in [2.24, 2.45) is 5.73 Å². The smallest absolute Gasteiger partial charge is 0.260 e. The lowest BCUT2D eigenvalue weighted by atomic mass is 9.97. The fourth-order valence-electron chi connectivity index (χ4n) is 3.42. The standard InChI is InChI=1S/C18H28N2O2.ClH/c1-12-9-13(2)18(14(3)10-12)22-11-17(21)20-8-6-5-7-16(20)15(4)19;/h9-10,15-16H,5-8,11,19H2,1-4H3;1H. The molecule has 5 heteroatoms. The van der Waals surface area contributed by atoms with Crippen LogP contribution in [0, 0.1) is 20.8 Å². The molecule has 1 amide bonds. The minimum absolute atomic E-state index is 0. The van der Waals surface area contributed by atoms with Crippen molar-refractivity contribution in [1.82, 2.24) is 4.90 Å². The maximum absolute atomic E-state index is 12.5. The first-order valence-corrected chi connectivity index (χ1v) is 8.16. The number of piperidine rings is 1. The summed E-state index contributed by atoms with van der Waals surface area (Å²) >= 11 is 0. The van der Waals surface area contributed by atoms with Gasteiger partial charge in [-0.05, 0) is 58.1 Å². The van der Waals surface area contributed by atoms with Crippen molar-refractivity contribution < 1.29 is 9.53 Å². The lowest BCUT2D eigenvalue weighted by molar-refractivity contribution is -0.137. The molecule has 0 spiro atoms. The number of nitrogens with two attached hydrogens (primary N) is 1. The van der Waals surface area contributed by atoms with Crippen LogP contribution in [0.25, 0.3) is 0 Å². The molecule has 1 aromatic carbocycles. The number of rotatable bonds is 4. The Morgan fingerprint density at radius 3 is 2.48 bits per heavy atom. The van der Waals surface area contributed by atoms with Crippen LogP contribution in [-0.2, 0) is 4.79 Å². The fraction of sp³-hybridized carbons (Fsp3) is 0.611. The predicted octanol–water partition coefficient (Wildman–Crippen LogP) is 3.14. The lowest BCUT2D eigenvalue weighted by Crippen LogP contribution is -2.52. The van der Waals surface area contributed by atoms with Gasteiger partial charge in [-0.3, -0.25) is 4.79 Å². The molecule has 0 bridgehead atoms. The van der Waals surface area contributed by atoms with E-state index in [4.69, 9.17) is 10.5 Å². The summed E-state index contributed by atoms with van der Waals surface area (Å²) in [6.45, 7) is 8.96. The van der Waals surface area contributed by atoms with E-state index in [1.807, 2.05) is 25.7 Å². The second-order valence-electron chi connectivity index (χ2n) is 6.53. The van der Waals surface area contributed by atoms with E-state index >= 15 is 0 Å². The zero-order valence-corrected chi connectivity index (χ0v) is 15.4. The second-order valence-corrected chi connectivity index (χ2v) is 6.53. The number of amides is 1. The fourth-order valence-corrected chi connectivity index (χ4v) is 3.42. The van der Waals surface area contributed by atoms with E-state index in [9.17, 15) is 4.79 Å². The molecular weight excluding hydrogens is 312 g/mol. The predicted molar refractivity (Wildman–Crippen MR) is 96.4 cm³/mol. The van der Waals surface area contributed by atoms with Crippen molar-refractivity contribution in [3.05, 3.63) is 28.8 Å².